The van der Waals surface area contributed by atoms with Crippen molar-refractivity contribution in [2.24, 2.45) is 5.92 Å². The molecule has 2 fully saturated rings. The third-order valence-electron chi connectivity index (χ3n) is 3.57. The highest BCUT2D eigenvalue weighted by Gasteiger charge is 2.28. The van der Waals surface area contributed by atoms with Gasteiger partial charge >= 0.3 is 0 Å². The molecule has 1 radical (unpaired) electrons. The zero-order valence-electron chi connectivity index (χ0n) is 7.97. The highest BCUT2D eigenvalue weighted by Crippen LogP contribution is 2.29. The normalized spacial score (nSPS) is 33.2. The first-order valence-electron chi connectivity index (χ1n) is 5.43. The number of rotatable bonds is 2. The quantitative estimate of drug-likeness (QED) is 0.609. The Morgan fingerprint density at radius 1 is 1.17 bits per heavy atom. The minimum absolute atomic E-state index is 0.908. The predicted molar refractivity (Wildman–Crippen MR) is 51.9 cm³/mol. The van der Waals surface area contributed by atoms with Gasteiger partial charge in [0.25, 0.3) is 0 Å². The summed E-state index contributed by atoms with van der Waals surface area (Å²) in [5, 5.41) is 0. The van der Waals surface area contributed by atoms with Gasteiger partial charge in [0.1, 0.15) is 0 Å². The third-order valence-corrected chi connectivity index (χ3v) is 3.57. The Labute approximate surface area is 76.1 Å². The van der Waals surface area contributed by atoms with E-state index >= 15 is 0 Å². The van der Waals surface area contributed by atoms with Crippen LogP contribution in [-0.2, 0) is 0 Å². The lowest BCUT2D eigenvalue weighted by atomic mass is 10.1. The highest BCUT2D eigenvalue weighted by molar-refractivity contribution is 4.84. The van der Waals surface area contributed by atoms with Crippen LogP contribution in [0.1, 0.15) is 38.5 Å². The van der Waals surface area contributed by atoms with E-state index in [1.165, 1.54) is 45.2 Å². The van der Waals surface area contributed by atoms with Gasteiger partial charge in [0.15, 0.2) is 0 Å². The van der Waals surface area contributed by atoms with Crippen molar-refractivity contribution in [2.45, 2.75) is 44.6 Å². The average molecular weight is 166 g/mol. The molecule has 0 aromatic carbocycles. The van der Waals surface area contributed by atoms with Gasteiger partial charge in [-0.3, -0.25) is 0 Å². The molecule has 1 nitrogen and oxygen atoms in total. The SMILES string of the molecule is [CH2]CC1CCN(C2CCCC2)C1. The molecule has 1 atom stereocenters. The van der Waals surface area contributed by atoms with Crippen molar-refractivity contribution in [3.05, 3.63) is 6.92 Å². The largest absolute Gasteiger partial charge is 0.300 e. The van der Waals surface area contributed by atoms with E-state index in [1.54, 1.807) is 0 Å². The lowest BCUT2D eigenvalue weighted by Gasteiger charge is -2.23. The molecule has 1 saturated heterocycles. The van der Waals surface area contributed by atoms with Crippen LogP contribution in [0.4, 0.5) is 0 Å². The Morgan fingerprint density at radius 2 is 1.92 bits per heavy atom. The topological polar surface area (TPSA) is 3.24 Å². The van der Waals surface area contributed by atoms with E-state index in [1.807, 2.05) is 0 Å². The summed E-state index contributed by atoms with van der Waals surface area (Å²) in [6.07, 6.45) is 8.41. The zero-order valence-corrected chi connectivity index (χ0v) is 7.97. The van der Waals surface area contributed by atoms with E-state index in [-0.39, 0.29) is 0 Å². The second-order valence-electron chi connectivity index (χ2n) is 4.38. The summed E-state index contributed by atoms with van der Waals surface area (Å²) in [5.74, 6) is 0.908. The standard InChI is InChI=1S/C11H20N/c1-2-10-7-8-12(9-10)11-5-3-4-6-11/h10-11H,1-9H2. The van der Waals surface area contributed by atoms with Crippen LogP contribution in [0, 0.1) is 12.8 Å². The van der Waals surface area contributed by atoms with E-state index in [2.05, 4.69) is 11.8 Å². The number of hydrogen-bond acceptors (Lipinski definition) is 1. The van der Waals surface area contributed by atoms with Crippen molar-refractivity contribution >= 4 is 0 Å². The Kier molecular flexibility index (Phi) is 2.69. The van der Waals surface area contributed by atoms with Crippen LogP contribution in [0.5, 0.6) is 0 Å². The molecule has 1 aliphatic heterocycles. The maximum Gasteiger partial charge on any atom is 0.00953 e. The van der Waals surface area contributed by atoms with Crippen molar-refractivity contribution in [1.82, 2.24) is 4.90 Å². The van der Waals surface area contributed by atoms with Crippen LogP contribution in [0.15, 0.2) is 0 Å². The van der Waals surface area contributed by atoms with Crippen molar-refractivity contribution < 1.29 is 0 Å². The molecule has 0 aromatic heterocycles. The second-order valence-corrected chi connectivity index (χ2v) is 4.38. The van der Waals surface area contributed by atoms with Gasteiger partial charge in [0.05, 0.1) is 0 Å². The molecule has 1 unspecified atom stereocenters. The van der Waals surface area contributed by atoms with Gasteiger partial charge in [-0.25, -0.2) is 0 Å². The maximum atomic E-state index is 4.00. The van der Waals surface area contributed by atoms with Gasteiger partial charge in [0.2, 0.25) is 0 Å². The predicted octanol–water partition coefficient (Wildman–Crippen LogP) is 2.48. The van der Waals surface area contributed by atoms with Crippen LogP contribution >= 0.6 is 0 Å². The first kappa shape index (κ1) is 8.55. The van der Waals surface area contributed by atoms with Crippen LogP contribution in [0.3, 0.4) is 0 Å². The summed E-state index contributed by atoms with van der Waals surface area (Å²) >= 11 is 0. The minimum Gasteiger partial charge on any atom is -0.300 e. The molecule has 2 rings (SSSR count). The maximum absolute atomic E-state index is 4.00. The lowest BCUT2D eigenvalue weighted by molar-refractivity contribution is 0.237. The molecule has 0 N–H and O–H groups in total. The van der Waals surface area contributed by atoms with Crippen LogP contribution in [0.2, 0.25) is 0 Å². The summed E-state index contributed by atoms with van der Waals surface area (Å²) in [6.45, 7) is 6.70. The first-order chi connectivity index (χ1) is 5.90. The van der Waals surface area contributed by atoms with Crippen molar-refractivity contribution in [3.63, 3.8) is 0 Å². The smallest absolute Gasteiger partial charge is 0.00953 e. The average Bonchev–Trinajstić information content (AvgIpc) is 2.75. The fourth-order valence-electron chi connectivity index (χ4n) is 2.70. The van der Waals surface area contributed by atoms with Gasteiger partial charge in [-0.05, 0) is 38.1 Å². The second kappa shape index (κ2) is 3.78. The molecule has 0 amide bonds. The Balaban J connectivity index is 1.81. The summed E-state index contributed by atoms with van der Waals surface area (Å²) < 4.78 is 0. The zero-order chi connectivity index (χ0) is 8.39. The van der Waals surface area contributed by atoms with Gasteiger partial charge in [-0.2, -0.15) is 0 Å². The summed E-state index contributed by atoms with van der Waals surface area (Å²) in [6, 6.07) is 0.946. The monoisotopic (exact) mass is 166 g/mol. The fraction of sp³-hybridized carbons (Fsp3) is 0.909. The summed E-state index contributed by atoms with van der Waals surface area (Å²) in [7, 11) is 0. The van der Waals surface area contributed by atoms with Crippen LogP contribution in [-0.4, -0.2) is 24.0 Å². The Morgan fingerprint density at radius 3 is 2.50 bits per heavy atom. The van der Waals surface area contributed by atoms with Gasteiger partial charge in [0, 0.05) is 12.6 Å². The molecule has 1 aliphatic carbocycles. The molecule has 1 saturated carbocycles. The summed E-state index contributed by atoms with van der Waals surface area (Å²) in [5.41, 5.74) is 0. The molecule has 12 heavy (non-hydrogen) atoms. The molecule has 2 aliphatic rings. The molecule has 0 bridgehead atoms. The molecule has 0 spiro atoms. The molecular weight excluding hydrogens is 146 g/mol. The van der Waals surface area contributed by atoms with E-state index in [0.717, 1.165) is 18.4 Å². The first-order valence-corrected chi connectivity index (χ1v) is 5.43. The lowest BCUT2D eigenvalue weighted by Crippen LogP contribution is -2.30. The van der Waals surface area contributed by atoms with E-state index in [0.29, 0.717) is 0 Å². The van der Waals surface area contributed by atoms with E-state index < -0.39 is 0 Å². The molecule has 69 valence electrons. The number of likely N-dealkylation sites (tertiary alicyclic amines) is 1. The molecule has 0 aromatic rings. The Hall–Kier alpha value is -0.0400. The summed E-state index contributed by atoms with van der Waals surface area (Å²) in [4.78, 5) is 2.71. The Bertz CT molecular complexity index is 138. The van der Waals surface area contributed by atoms with Gasteiger partial charge < -0.3 is 4.90 Å². The van der Waals surface area contributed by atoms with Crippen LogP contribution < -0.4 is 0 Å². The van der Waals surface area contributed by atoms with Crippen molar-refractivity contribution in [3.8, 4) is 0 Å². The fourth-order valence-corrected chi connectivity index (χ4v) is 2.70. The highest BCUT2D eigenvalue weighted by atomic mass is 15.2. The number of nitrogens with zero attached hydrogens (tertiary/aromatic N) is 1. The van der Waals surface area contributed by atoms with Crippen molar-refractivity contribution in [1.29, 1.82) is 0 Å². The van der Waals surface area contributed by atoms with Crippen molar-refractivity contribution in [2.75, 3.05) is 13.1 Å². The third kappa shape index (κ3) is 1.66. The van der Waals surface area contributed by atoms with E-state index in [4.69, 9.17) is 0 Å². The molecule has 1 heteroatoms. The van der Waals surface area contributed by atoms with E-state index in [9.17, 15) is 0 Å². The molecule has 1 heterocycles. The van der Waals surface area contributed by atoms with Gasteiger partial charge in [-0.1, -0.05) is 19.8 Å². The number of hydrogen-bond donors (Lipinski definition) is 0. The van der Waals surface area contributed by atoms with Crippen LogP contribution in [0.25, 0.3) is 0 Å². The van der Waals surface area contributed by atoms with Gasteiger partial charge in [-0.15, -0.1) is 0 Å². The minimum atomic E-state index is 0.908. The molecular formula is C11H20N.